The summed E-state index contributed by atoms with van der Waals surface area (Å²) in [5, 5.41) is 9.82. The standard InChI is InChI=1S/C22H24N4O3/c23-19(14-4-3-5-15(27)12-14)21(24)29-16-10-8-13(9-11-16)20(28)22-25-17-6-1-2-7-18(17)26-22/h1-2,6-11,14-15,27H,3-5,12,23-24H2,(H,25,26)/b21-19+/t14-,15-/m0/s1. The fourth-order valence-electron chi connectivity index (χ4n) is 3.70. The van der Waals surface area contributed by atoms with E-state index in [-0.39, 0.29) is 23.7 Å². The average molecular weight is 392 g/mol. The molecule has 0 saturated heterocycles. The van der Waals surface area contributed by atoms with Crippen molar-refractivity contribution < 1.29 is 14.6 Å². The highest BCUT2D eigenvalue weighted by molar-refractivity contribution is 6.08. The second kappa shape index (κ2) is 7.97. The Kier molecular flexibility index (Phi) is 5.22. The molecule has 3 aromatic rings. The summed E-state index contributed by atoms with van der Waals surface area (Å²) >= 11 is 0. The molecule has 0 amide bonds. The number of para-hydroxylation sites is 2. The molecule has 1 fully saturated rings. The normalized spacial score (nSPS) is 20.3. The summed E-state index contributed by atoms with van der Waals surface area (Å²) in [4.78, 5) is 20.1. The molecule has 150 valence electrons. The fraction of sp³-hybridized carbons (Fsp3) is 0.273. The van der Waals surface area contributed by atoms with Crippen LogP contribution in [0.3, 0.4) is 0 Å². The van der Waals surface area contributed by atoms with Crippen LogP contribution < -0.4 is 16.2 Å². The molecule has 2 atom stereocenters. The summed E-state index contributed by atoms with van der Waals surface area (Å²) < 4.78 is 5.67. The van der Waals surface area contributed by atoms with E-state index in [1.165, 1.54) is 0 Å². The number of aliphatic hydroxyl groups excluding tert-OH is 1. The molecule has 1 aliphatic carbocycles. The van der Waals surface area contributed by atoms with E-state index in [1.807, 2.05) is 24.3 Å². The molecule has 6 N–H and O–H groups in total. The summed E-state index contributed by atoms with van der Waals surface area (Å²) in [5.41, 5.74) is 14.7. The number of H-pyrrole nitrogens is 1. The third kappa shape index (κ3) is 4.09. The number of hydrogen-bond acceptors (Lipinski definition) is 6. The van der Waals surface area contributed by atoms with E-state index in [0.717, 1.165) is 30.3 Å². The third-order valence-electron chi connectivity index (χ3n) is 5.32. The molecule has 7 nitrogen and oxygen atoms in total. The molecule has 29 heavy (non-hydrogen) atoms. The van der Waals surface area contributed by atoms with E-state index in [0.29, 0.717) is 29.3 Å². The molecule has 1 aromatic heterocycles. The summed E-state index contributed by atoms with van der Waals surface area (Å²) in [7, 11) is 0. The first-order valence-electron chi connectivity index (χ1n) is 9.72. The number of nitrogens with zero attached hydrogens (tertiary/aromatic N) is 1. The van der Waals surface area contributed by atoms with Gasteiger partial charge in [0.15, 0.2) is 5.82 Å². The van der Waals surface area contributed by atoms with Crippen LogP contribution in [0.5, 0.6) is 5.75 Å². The van der Waals surface area contributed by atoms with Crippen LogP contribution in [0.15, 0.2) is 60.1 Å². The number of nitrogens with two attached hydrogens (primary N) is 2. The average Bonchev–Trinajstić information content (AvgIpc) is 3.17. The molecule has 2 aromatic carbocycles. The van der Waals surface area contributed by atoms with Gasteiger partial charge in [-0.25, -0.2) is 4.98 Å². The molecule has 1 saturated carbocycles. The summed E-state index contributed by atoms with van der Waals surface area (Å²) in [6.45, 7) is 0. The van der Waals surface area contributed by atoms with Crippen molar-refractivity contribution in [3.8, 4) is 5.75 Å². The first kappa shape index (κ1) is 19.0. The third-order valence-corrected chi connectivity index (χ3v) is 5.32. The lowest BCUT2D eigenvalue weighted by atomic mass is 9.85. The number of aromatic amines is 1. The maximum atomic E-state index is 12.7. The molecule has 1 heterocycles. The quantitative estimate of drug-likeness (QED) is 0.391. The van der Waals surface area contributed by atoms with E-state index in [1.54, 1.807) is 24.3 Å². The number of hydrogen-bond donors (Lipinski definition) is 4. The highest BCUT2D eigenvalue weighted by atomic mass is 16.5. The minimum absolute atomic E-state index is 0.0210. The largest absolute Gasteiger partial charge is 0.440 e. The van der Waals surface area contributed by atoms with E-state index in [2.05, 4.69) is 9.97 Å². The molecule has 7 heteroatoms. The second-order valence-corrected chi connectivity index (χ2v) is 7.40. The van der Waals surface area contributed by atoms with E-state index < -0.39 is 0 Å². The zero-order valence-electron chi connectivity index (χ0n) is 16.0. The molecule has 0 radical (unpaired) electrons. The highest BCUT2D eigenvalue weighted by Crippen LogP contribution is 2.29. The van der Waals surface area contributed by atoms with Crippen LogP contribution in [0, 0.1) is 5.92 Å². The number of ether oxygens (including phenoxy) is 1. The number of fused-ring (bicyclic) bond motifs is 1. The minimum atomic E-state index is -0.344. The van der Waals surface area contributed by atoms with Gasteiger partial charge in [0.2, 0.25) is 11.7 Å². The number of allylic oxidation sites excluding steroid dienone is 1. The topological polar surface area (TPSA) is 127 Å². The zero-order chi connectivity index (χ0) is 20.4. The monoisotopic (exact) mass is 392 g/mol. The molecular weight excluding hydrogens is 368 g/mol. The van der Waals surface area contributed by atoms with Crippen LogP contribution in [-0.4, -0.2) is 27.0 Å². The Labute approximate surface area is 168 Å². The van der Waals surface area contributed by atoms with Crippen molar-refractivity contribution in [2.45, 2.75) is 31.8 Å². The van der Waals surface area contributed by atoms with Gasteiger partial charge in [-0.3, -0.25) is 4.79 Å². The van der Waals surface area contributed by atoms with Gasteiger partial charge in [0, 0.05) is 11.5 Å². The predicted molar refractivity (Wildman–Crippen MR) is 110 cm³/mol. The number of ketones is 1. The highest BCUT2D eigenvalue weighted by Gasteiger charge is 2.24. The predicted octanol–water partition coefficient (Wildman–Crippen LogP) is 2.81. The zero-order valence-corrected chi connectivity index (χ0v) is 16.0. The van der Waals surface area contributed by atoms with Crippen molar-refractivity contribution >= 4 is 16.8 Å². The van der Waals surface area contributed by atoms with Gasteiger partial charge in [-0.05, 0) is 55.7 Å². The molecule has 0 bridgehead atoms. The lowest BCUT2D eigenvalue weighted by Crippen LogP contribution is -2.27. The van der Waals surface area contributed by atoms with Crippen LogP contribution in [0.2, 0.25) is 0 Å². The summed E-state index contributed by atoms with van der Waals surface area (Å²) in [6, 6.07) is 14.2. The second-order valence-electron chi connectivity index (χ2n) is 7.40. The van der Waals surface area contributed by atoms with Crippen molar-refractivity contribution in [2.75, 3.05) is 0 Å². The lowest BCUT2D eigenvalue weighted by Gasteiger charge is -2.26. The van der Waals surface area contributed by atoms with Gasteiger partial charge in [0.25, 0.3) is 0 Å². The van der Waals surface area contributed by atoms with Gasteiger partial charge < -0.3 is 26.3 Å². The Morgan fingerprint density at radius 2 is 1.86 bits per heavy atom. The van der Waals surface area contributed by atoms with Crippen molar-refractivity contribution in [1.29, 1.82) is 0 Å². The number of imidazole rings is 1. The van der Waals surface area contributed by atoms with E-state index in [9.17, 15) is 9.90 Å². The van der Waals surface area contributed by atoms with Crippen LogP contribution in [0.25, 0.3) is 11.0 Å². The van der Waals surface area contributed by atoms with Gasteiger partial charge in [-0.2, -0.15) is 0 Å². The summed E-state index contributed by atoms with van der Waals surface area (Å²) in [6.07, 6.45) is 2.85. The molecule has 0 spiro atoms. The van der Waals surface area contributed by atoms with Crippen LogP contribution in [-0.2, 0) is 0 Å². The van der Waals surface area contributed by atoms with Gasteiger partial charge >= 0.3 is 0 Å². The Hall–Kier alpha value is -3.32. The maximum absolute atomic E-state index is 12.7. The van der Waals surface area contributed by atoms with Crippen molar-refractivity contribution in [1.82, 2.24) is 9.97 Å². The fourth-order valence-corrected chi connectivity index (χ4v) is 3.70. The van der Waals surface area contributed by atoms with Gasteiger partial charge in [0.1, 0.15) is 5.75 Å². The molecule has 0 unspecified atom stereocenters. The molecule has 0 aliphatic heterocycles. The van der Waals surface area contributed by atoms with E-state index >= 15 is 0 Å². The molecular formula is C22H24N4O3. The number of nitrogens with one attached hydrogen (secondary N) is 1. The number of benzene rings is 2. The number of rotatable bonds is 5. The van der Waals surface area contributed by atoms with Gasteiger partial charge in [0.05, 0.1) is 22.8 Å². The first-order chi connectivity index (χ1) is 14.0. The Bertz CT molecular complexity index is 1020. The van der Waals surface area contributed by atoms with Crippen LogP contribution in [0.1, 0.15) is 41.9 Å². The van der Waals surface area contributed by atoms with Gasteiger partial charge in [-0.1, -0.05) is 18.6 Å². The van der Waals surface area contributed by atoms with E-state index in [4.69, 9.17) is 16.2 Å². The van der Waals surface area contributed by atoms with Crippen molar-refractivity contribution in [3.63, 3.8) is 0 Å². The number of carbonyl (C=O) groups excluding carboxylic acids is 1. The van der Waals surface area contributed by atoms with Crippen molar-refractivity contribution in [2.24, 2.45) is 17.4 Å². The molecule has 1 aliphatic rings. The van der Waals surface area contributed by atoms with Crippen molar-refractivity contribution in [3.05, 3.63) is 71.5 Å². The number of aromatic nitrogens is 2. The summed E-state index contributed by atoms with van der Waals surface area (Å²) in [5.74, 6) is 0.738. The lowest BCUT2D eigenvalue weighted by molar-refractivity contribution is 0.103. The van der Waals surface area contributed by atoms with Gasteiger partial charge in [-0.15, -0.1) is 0 Å². The molecule has 4 rings (SSSR count). The Morgan fingerprint density at radius 1 is 1.10 bits per heavy atom. The smallest absolute Gasteiger partial charge is 0.228 e. The van der Waals surface area contributed by atoms with Crippen LogP contribution >= 0.6 is 0 Å². The minimum Gasteiger partial charge on any atom is -0.440 e. The Balaban J connectivity index is 1.47. The maximum Gasteiger partial charge on any atom is 0.228 e. The number of aliphatic hydroxyl groups is 1. The number of carbonyl (C=O) groups is 1. The SMILES string of the molecule is N/C(Oc1ccc(C(=O)c2nc3ccccc3[nH]2)cc1)=C(\N)[C@H]1CCC[C@H](O)C1. The first-order valence-corrected chi connectivity index (χ1v) is 9.72. The van der Waals surface area contributed by atoms with Crippen LogP contribution in [0.4, 0.5) is 0 Å². The Morgan fingerprint density at radius 3 is 2.59 bits per heavy atom.